The second-order valence-corrected chi connectivity index (χ2v) is 4.23. The SMILES string of the molecule is CCC(CCCl)Nc1nnc2ccccc2n1. The number of hydrogen-bond acceptors (Lipinski definition) is 4. The number of nitrogens with one attached hydrogen (secondary N) is 1. The van der Waals surface area contributed by atoms with Crippen molar-refractivity contribution in [2.24, 2.45) is 0 Å². The fraction of sp³-hybridized carbons (Fsp3) is 0.417. The van der Waals surface area contributed by atoms with Gasteiger partial charge in [0.1, 0.15) is 5.52 Å². The average molecular weight is 251 g/mol. The van der Waals surface area contributed by atoms with Crippen LogP contribution in [-0.4, -0.2) is 27.1 Å². The number of benzene rings is 1. The number of aromatic nitrogens is 3. The topological polar surface area (TPSA) is 50.7 Å². The quantitative estimate of drug-likeness (QED) is 0.829. The highest BCUT2D eigenvalue weighted by atomic mass is 35.5. The number of alkyl halides is 1. The van der Waals surface area contributed by atoms with E-state index < -0.39 is 0 Å². The average Bonchev–Trinajstić information content (AvgIpc) is 2.38. The predicted octanol–water partition coefficient (Wildman–Crippen LogP) is 2.84. The number of anilines is 1. The zero-order valence-electron chi connectivity index (χ0n) is 9.73. The van der Waals surface area contributed by atoms with Crippen molar-refractivity contribution in [1.29, 1.82) is 0 Å². The molecule has 1 N–H and O–H groups in total. The molecule has 0 saturated heterocycles. The first-order chi connectivity index (χ1) is 8.33. The fourth-order valence-electron chi connectivity index (χ4n) is 1.63. The van der Waals surface area contributed by atoms with E-state index in [4.69, 9.17) is 11.6 Å². The van der Waals surface area contributed by atoms with Crippen LogP contribution in [0.4, 0.5) is 5.95 Å². The van der Waals surface area contributed by atoms with Gasteiger partial charge in [-0.2, -0.15) is 0 Å². The Hall–Kier alpha value is -1.42. The van der Waals surface area contributed by atoms with Gasteiger partial charge in [-0.25, -0.2) is 4.98 Å². The number of hydrogen-bond donors (Lipinski definition) is 1. The van der Waals surface area contributed by atoms with Crippen molar-refractivity contribution < 1.29 is 0 Å². The third-order valence-corrected chi connectivity index (χ3v) is 2.86. The smallest absolute Gasteiger partial charge is 0.243 e. The molecule has 0 radical (unpaired) electrons. The van der Waals surface area contributed by atoms with Crippen LogP contribution in [0.5, 0.6) is 0 Å². The minimum absolute atomic E-state index is 0.301. The molecular weight excluding hydrogens is 236 g/mol. The summed E-state index contributed by atoms with van der Waals surface area (Å²) in [7, 11) is 0. The Morgan fingerprint density at radius 2 is 2.00 bits per heavy atom. The number of halogens is 1. The summed E-state index contributed by atoms with van der Waals surface area (Å²) in [6.07, 6.45) is 1.89. The number of rotatable bonds is 5. The van der Waals surface area contributed by atoms with Crippen LogP contribution in [0.25, 0.3) is 11.0 Å². The molecule has 17 heavy (non-hydrogen) atoms. The second-order valence-electron chi connectivity index (χ2n) is 3.85. The summed E-state index contributed by atoms with van der Waals surface area (Å²) < 4.78 is 0. The van der Waals surface area contributed by atoms with Crippen molar-refractivity contribution in [3.63, 3.8) is 0 Å². The zero-order chi connectivity index (χ0) is 12.1. The number of nitrogens with zero attached hydrogens (tertiary/aromatic N) is 3. The van der Waals surface area contributed by atoms with Crippen molar-refractivity contribution in [2.45, 2.75) is 25.8 Å². The lowest BCUT2D eigenvalue weighted by Gasteiger charge is -2.14. The molecule has 0 aliphatic heterocycles. The van der Waals surface area contributed by atoms with Gasteiger partial charge in [-0.05, 0) is 25.0 Å². The van der Waals surface area contributed by atoms with E-state index in [2.05, 4.69) is 27.4 Å². The Morgan fingerprint density at radius 3 is 2.71 bits per heavy atom. The molecule has 2 aromatic rings. The molecule has 2 rings (SSSR count). The minimum Gasteiger partial charge on any atom is -0.350 e. The molecule has 1 heterocycles. The summed E-state index contributed by atoms with van der Waals surface area (Å²) in [5.41, 5.74) is 1.66. The van der Waals surface area contributed by atoms with Gasteiger partial charge in [-0.3, -0.25) is 0 Å². The molecular formula is C12H15ClN4. The summed E-state index contributed by atoms with van der Waals surface area (Å²) in [6.45, 7) is 2.11. The van der Waals surface area contributed by atoms with Gasteiger partial charge in [0.15, 0.2) is 0 Å². The van der Waals surface area contributed by atoms with E-state index >= 15 is 0 Å². The lowest BCUT2D eigenvalue weighted by Crippen LogP contribution is -2.20. The number of para-hydroxylation sites is 1. The maximum atomic E-state index is 5.74. The van der Waals surface area contributed by atoms with Crippen molar-refractivity contribution in [3.8, 4) is 0 Å². The lowest BCUT2D eigenvalue weighted by molar-refractivity contribution is 0.666. The highest BCUT2D eigenvalue weighted by molar-refractivity contribution is 6.17. The molecule has 0 saturated carbocycles. The van der Waals surface area contributed by atoms with E-state index in [-0.39, 0.29) is 0 Å². The van der Waals surface area contributed by atoms with Gasteiger partial charge >= 0.3 is 0 Å². The van der Waals surface area contributed by atoms with Crippen LogP contribution in [0.15, 0.2) is 24.3 Å². The Bertz CT molecular complexity index is 489. The van der Waals surface area contributed by atoms with Crippen LogP contribution in [0.1, 0.15) is 19.8 Å². The molecule has 4 nitrogen and oxygen atoms in total. The predicted molar refractivity (Wildman–Crippen MR) is 70.4 cm³/mol. The molecule has 1 aromatic carbocycles. The maximum absolute atomic E-state index is 5.74. The molecule has 1 atom stereocenters. The first-order valence-corrected chi connectivity index (χ1v) is 6.29. The molecule has 0 bridgehead atoms. The van der Waals surface area contributed by atoms with Crippen molar-refractivity contribution in [2.75, 3.05) is 11.2 Å². The first kappa shape index (κ1) is 12.0. The molecule has 0 spiro atoms. The van der Waals surface area contributed by atoms with Gasteiger partial charge in [0, 0.05) is 11.9 Å². The molecule has 90 valence electrons. The molecule has 0 aliphatic carbocycles. The van der Waals surface area contributed by atoms with E-state index in [1.54, 1.807) is 0 Å². The highest BCUT2D eigenvalue weighted by Crippen LogP contribution is 2.11. The maximum Gasteiger partial charge on any atom is 0.243 e. The van der Waals surface area contributed by atoms with Crippen molar-refractivity contribution in [1.82, 2.24) is 15.2 Å². The summed E-state index contributed by atoms with van der Waals surface area (Å²) >= 11 is 5.74. The van der Waals surface area contributed by atoms with Crippen LogP contribution in [0.3, 0.4) is 0 Å². The molecule has 1 unspecified atom stereocenters. The van der Waals surface area contributed by atoms with E-state index in [9.17, 15) is 0 Å². The molecule has 0 fully saturated rings. The monoisotopic (exact) mass is 250 g/mol. The minimum atomic E-state index is 0.301. The van der Waals surface area contributed by atoms with Gasteiger partial charge in [-0.1, -0.05) is 19.1 Å². The Labute approximate surface area is 105 Å². The van der Waals surface area contributed by atoms with E-state index in [0.717, 1.165) is 23.9 Å². The largest absolute Gasteiger partial charge is 0.350 e. The van der Waals surface area contributed by atoms with Crippen molar-refractivity contribution in [3.05, 3.63) is 24.3 Å². The molecule has 0 aliphatic rings. The van der Waals surface area contributed by atoms with E-state index in [0.29, 0.717) is 17.9 Å². The van der Waals surface area contributed by atoms with Crippen LogP contribution >= 0.6 is 11.6 Å². The van der Waals surface area contributed by atoms with Crippen LogP contribution in [0.2, 0.25) is 0 Å². The molecule has 5 heteroatoms. The highest BCUT2D eigenvalue weighted by Gasteiger charge is 2.08. The lowest BCUT2D eigenvalue weighted by atomic mass is 10.2. The third kappa shape index (κ3) is 3.03. The van der Waals surface area contributed by atoms with Crippen LogP contribution < -0.4 is 5.32 Å². The zero-order valence-corrected chi connectivity index (χ0v) is 10.5. The van der Waals surface area contributed by atoms with Gasteiger partial charge < -0.3 is 5.32 Å². The Morgan fingerprint density at radius 1 is 1.24 bits per heavy atom. The van der Waals surface area contributed by atoms with Crippen molar-refractivity contribution >= 4 is 28.6 Å². The summed E-state index contributed by atoms with van der Waals surface area (Å²) in [4.78, 5) is 4.42. The molecule has 1 aromatic heterocycles. The van der Waals surface area contributed by atoms with Gasteiger partial charge in [0.25, 0.3) is 0 Å². The first-order valence-electron chi connectivity index (χ1n) is 5.75. The Kier molecular flexibility index (Phi) is 4.09. The third-order valence-electron chi connectivity index (χ3n) is 2.64. The van der Waals surface area contributed by atoms with Gasteiger partial charge in [0.05, 0.1) is 5.52 Å². The van der Waals surface area contributed by atoms with E-state index in [1.807, 2.05) is 24.3 Å². The summed E-state index contributed by atoms with van der Waals surface area (Å²) in [5.74, 6) is 1.20. The van der Waals surface area contributed by atoms with Gasteiger partial charge in [-0.15, -0.1) is 21.8 Å². The second kappa shape index (κ2) is 5.77. The standard InChI is InChI=1S/C12H15ClN4/c1-2-9(7-8-13)14-12-15-10-5-3-4-6-11(10)16-17-12/h3-6,9H,2,7-8H2,1H3,(H,14,15,17). The van der Waals surface area contributed by atoms with Crippen LogP contribution in [-0.2, 0) is 0 Å². The fourth-order valence-corrected chi connectivity index (χ4v) is 1.90. The van der Waals surface area contributed by atoms with Gasteiger partial charge in [0.2, 0.25) is 5.95 Å². The summed E-state index contributed by atoms with van der Waals surface area (Å²) in [6, 6.07) is 7.99. The normalized spacial score (nSPS) is 12.6. The summed E-state index contributed by atoms with van der Waals surface area (Å²) in [5, 5.41) is 11.4. The molecule has 0 amide bonds. The number of fused-ring (bicyclic) bond motifs is 1. The Balaban J connectivity index is 2.18. The van der Waals surface area contributed by atoms with E-state index in [1.165, 1.54) is 0 Å². The van der Waals surface area contributed by atoms with Crippen LogP contribution in [0, 0.1) is 0 Å².